The highest BCUT2D eigenvalue weighted by Crippen LogP contribution is 2.32. The van der Waals surface area contributed by atoms with E-state index in [1.807, 2.05) is 32.0 Å². The first-order valence-corrected chi connectivity index (χ1v) is 10.7. The SMILES string of the molecule is Cc1ccc(C)c(C2C(=O)NC(CC3CCS(=O)(=NC#N)CC3)C2=O)c1. The Hall–Kier alpha value is -2.20. The van der Waals surface area contributed by atoms with Gasteiger partial charge in [0.25, 0.3) is 0 Å². The second kappa shape index (κ2) is 7.20. The van der Waals surface area contributed by atoms with Crippen LogP contribution < -0.4 is 5.32 Å². The molecular formula is C19H23N3O3S. The summed E-state index contributed by atoms with van der Waals surface area (Å²) in [6.07, 6.45) is 3.54. The number of rotatable bonds is 3. The van der Waals surface area contributed by atoms with Crippen molar-refractivity contribution < 1.29 is 13.8 Å². The molecule has 0 saturated carbocycles. The maximum Gasteiger partial charge on any atom is 0.235 e. The van der Waals surface area contributed by atoms with Crippen molar-refractivity contribution in [2.24, 2.45) is 10.3 Å². The molecule has 0 bridgehead atoms. The monoisotopic (exact) mass is 373 g/mol. The molecule has 1 aromatic carbocycles. The summed E-state index contributed by atoms with van der Waals surface area (Å²) < 4.78 is 15.9. The van der Waals surface area contributed by atoms with Crippen molar-refractivity contribution in [1.82, 2.24) is 5.32 Å². The van der Waals surface area contributed by atoms with E-state index in [0.717, 1.165) is 16.7 Å². The first kappa shape index (κ1) is 18.6. The number of amides is 1. The second-order valence-electron chi connectivity index (χ2n) is 7.31. The number of carbonyl (C=O) groups is 2. The van der Waals surface area contributed by atoms with Crippen molar-refractivity contribution >= 4 is 21.4 Å². The molecule has 2 fully saturated rings. The lowest BCUT2D eigenvalue weighted by molar-refractivity contribution is -0.124. The second-order valence-corrected chi connectivity index (χ2v) is 9.85. The van der Waals surface area contributed by atoms with Gasteiger partial charge < -0.3 is 5.32 Å². The number of hydrogen-bond donors (Lipinski definition) is 1. The number of hydrogen-bond acceptors (Lipinski definition) is 5. The third-order valence-corrected chi connectivity index (χ3v) is 7.58. The van der Waals surface area contributed by atoms with E-state index >= 15 is 0 Å². The zero-order valence-corrected chi connectivity index (χ0v) is 15.8. The molecule has 2 saturated heterocycles. The van der Waals surface area contributed by atoms with Crippen LogP contribution in [0.25, 0.3) is 0 Å². The van der Waals surface area contributed by atoms with E-state index in [1.165, 1.54) is 0 Å². The third kappa shape index (κ3) is 3.65. The summed E-state index contributed by atoms with van der Waals surface area (Å²) in [4.78, 5) is 25.3. The highest BCUT2D eigenvalue weighted by molar-refractivity contribution is 7.93. The summed E-state index contributed by atoms with van der Waals surface area (Å²) in [5, 5.41) is 11.5. The standard InChI is InChI=1S/C19H23N3O3S/c1-12-3-4-13(2)15(9-12)17-18(23)16(22-19(17)24)10-14-5-7-26(25,8-6-14)21-11-20/h3-4,9,14,16-17H,5-8,10H2,1-2H3,(H,22,24). The van der Waals surface area contributed by atoms with E-state index in [9.17, 15) is 13.8 Å². The molecule has 2 unspecified atom stereocenters. The van der Waals surface area contributed by atoms with Gasteiger partial charge in [0.15, 0.2) is 5.78 Å². The van der Waals surface area contributed by atoms with Crippen LogP contribution in [0.4, 0.5) is 0 Å². The zero-order valence-electron chi connectivity index (χ0n) is 15.0. The molecule has 6 nitrogen and oxygen atoms in total. The number of nitrogens with zero attached hydrogens (tertiary/aromatic N) is 2. The largest absolute Gasteiger partial charge is 0.345 e. The van der Waals surface area contributed by atoms with Gasteiger partial charge in [-0.05, 0) is 50.2 Å². The van der Waals surface area contributed by atoms with Crippen molar-refractivity contribution in [2.75, 3.05) is 11.5 Å². The Morgan fingerprint density at radius 2 is 1.96 bits per heavy atom. The number of nitrogens with one attached hydrogen (secondary N) is 1. The predicted molar refractivity (Wildman–Crippen MR) is 98.9 cm³/mol. The Labute approximate surface area is 154 Å². The average molecular weight is 373 g/mol. The number of ketones is 1. The lowest BCUT2D eigenvalue weighted by Gasteiger charge is -2.25. The van der Waals surface area contributed by atoms with E-state index in [0.29, 0.717) is 30.8 Å². The maximum absolute atomic E-state index is 12.9. The lowest BCUT2D eigenvalue weighted by Crippen LogP contribution is -2.34. The fourth-order valence-corrected chi connectivity index (χ4v) is 5.82. The first-order chi connectivity index (χ1) is 12.3. The van der Waals surface area contributed by atoms with Gasteiger partial charge in [0.2, 0.25) is 12.1 Å². The Morgan fingerprint density at radius 3 is 2.62 bits per heavy atom. The molecule has 2 aliphatic heterocycles. The zero-order chi connectivity index (χ0) is 18.9. The van der Waals surface area contributed by atoms with Crippen LogP contribution in [0.5, 0.6) is 0 Å². The fraction of sp³-hybridized carbons (Fsp3) is 0.526. The van der Waals surface area contributed by atoms with Gasteiger partial charge in [0.1, 0.15) is 5.92 Å². The Bertz CT molecular complexity index is 895. The normalized spacial score (nSPS) is 31.3. The topological polar surface area (TPSA) is 99.4 Å². The van der Waals surface area contributed by atoms with Crippen LogP contribution in [0.1, 0.15) is 41.9 Å². The molecule has 138 valence electrons. The van der Waals surface area contributed by atoms with Crippen molar-refractivity contribution in [3.63, 3.8) is 0 Å². The molecule has 7 heteroatoms. The van der Waals surface area contributed by atoms with Crippen LogP contribution in [0, 0.1) is 31.2 Å². The van der Waals surface area contributed by atoms with E-state index in [2.05, 4.69) is 9.68 Å². The van der Waals surface area contributed by atoms with E-state index in [-0.39, 0.29) is 17.6 Å². The predicted octanol–water partition coefficient (Wildman–Crippen LogP) is 2.20. The van der Waals surface area contributed by atoms with Gasteiger partial charge in [-0.1, -0.05) is 23.8 Å². The molecule has 3 rings (SSSR count). The van der Waals surface area contributed by atoms with E-state index in [4.69, 9.17) is 5.26 Å². The molecule has 26 heavy (non-hydrogen) atoms. The Balaban J connectivity index is 1.71. The molecule has 2 heterocycles. The van der Waals surface area contributed by atoms with E-state index in [1.54, 1.807) is 6.19 Å². The van der Waals surface area contributed by atoms with Crippen LogP contribution in [-0.2, 0) is 19.3 Å². The summed E-state index contributed by atoms with van der Waals surface area (Å²) in [7, 11) is -2.40. The van der Waals surface area contributed by atoms with Gasteiger partial charge in [-0.2, -0.15) is 5.26 Å². The van der Waals surface area contributed by atoms with Crippen molar-refractivity contribution in [2.45, 2.75) is 45.1 Å². The van der Waals surface area contributed by atoms with Gasteiger partial charge in [-0.15, -0.1) is 4.36 Å². The van der Waals surface area contributed by atoms with Gasteiger partial charge >= 0.3 is 0 Å². The van der Waals surface area contributed by atoms with Crippen LogP contribution >= 0.6 is 0 Å². The number of aryl methyl sites for hydroxylation is 2. The average Bonchev–Trinajstić information content (AvgIpc) is 2.86. The van der Waals surface area contributed by atoms with E-state index < -0.39 is 21.7 Å². The van der Waals surface area contributed by atoms with Crippen molar-refractivity contribution in [3.8, 4) is 6.19 Å². The molecule has 2 aliphatic rings. The lowest BCUT2D eigenvalue weighted by atomic mass is 9.86. The molecule has 1 N–H and O–H groups in total. The highest BCUT2D eigenvalue weighted by atomic mass is 32.2. The number of benzene rings is 1. The fourth-order valence-electron chi connectivity index (χ4n) is 3.88. The van der Waals surface area contributed by atoms with Gasteiger partial charge in [-0.25, -0.2) is 4.21 Å². The minimum Gasteiger partial charge on any atom is -0.345 e. The molecule has 0 spiro atoms. The molecule has 1 amide bonds. The van der Waals surface area contributed by atoms with Gasteiger partial charge in [0.05, 0.1) is 15.8 Å². The van der Waals surface area contributed by atoms with Gasteiger partial charge in [0, 0.05) is 11.5 Å². The molecule has 1 aromatic rings. The molecule has 0 aliphatic carbocycles. The van der Waals surface area contributed by atoms with Crippen LogP contribution in [0.2, 0.25) is 0 Å². The Kier molecular flexibility index (Phi) is 5.15. The van der Waals surface area contributed by atoms with Crippen molar-refractivity contribution in [1.29, 1.82) is 5.26 Å². The quantitative estimate of drug-likeness (QED) is 0.648. The minimum atomic E-state index is -2.40. The number of nitriles is 1. The summed E-state index contributed by atoms with van der Waals surface area (Å²) >= 11 is 0. The summed E-state index contributed by atoms with van der Waals surface area (Å²) in [5.74, 6) is -0.0445. The smallest absolute Gasteiger partial charge is 0.235 e. The summed E-state index contributed by atoms with van der Waals surface area (Å²) in [6.45, 7) is 3.86. The van der Waals surface area contributed by atoms with Crippen molar-refractivity contribution in [3.05, 3.63) is 34.9 Å². The molecular weight excluding hydrogens is 350 g/mol. The Morgan fingerprint density at radius 1 is 1.27 bits per heavy atom. The molecule has 0 aromatic heterocycles. The number of carbonyl (C=O) groups excluding carboxylic acids is 2. The number of Topliss-reactive ketones (excluding diaryl/α,β-unsaturated/α-hetero) is 1. The minimum absolute atomic E-state index is 0.0725. The summed E-state index contributed by atoms with van der Waals surface area (Å²) in [6, 6.07) is 5.34. The first-order valence-electron chi connectivity index (χ1n) is 8.85. The van der Waals surface area contributed by atoms with Crippen LogP contribution in [0.3, 0.4) is 0 Å². The molecule has 0 radical (unpaired) electrons. The highest BCUT2D eigenvalue weighted by Gasteiger charge is 2.43. The summed E-state index contributed by atoms with van der Waals surface area (Å²) in [5.41, 5.74) is 2.76. The maximum atomic E-state index is 12.9. The molecule has 2 atom stereocenters. The van der Waals surface area contributed by atoms with Gasteiger partial charge in [-0.3, -0.25) is 9.59 Å². The van der Waals surface area contributed by atoms with Crippen LogP contribution in [-0.4, -0.2) is 33.4 Å². The third-order valence-electron chi connectivity index (χ3n) is 5.42. The van der Waals surface area contributed by atoms with Crippen LogP contribution in [0.15, 0.2) is 22.6 Å².